The average molecular weight is 359 g/mol. The summed E-state index contributed by atoms with van der Waals surface area (Å²) in [6.45, 7) is 11.5. The van der Waals surface area contributed by atoms with E-state index in [1.807, 2.05) is 51.8 Å². The summed E-state index contributed by atoms with van der Waals surface area (Å²) in [5, 5.41) is 0.933. The first kappa shape index (κ1) is 18.0. The lowest BCUT2D eigenvalue weighted by Gasteiger charge is -2.36. The van der Waals surface area contributed by atoms with Crippen LogP contribution in [0.2, 0.25) is 0 Å². The summed E-state index contributed by atoms with van der Waals surface area (Å²) in [7, 11) is 0. The number of aryl methyl sites for hydroxylation is 2. The van der Waals surface area contributed by atoms with Gasteiger partial charge in [0.25, 0.3) is 0 Å². The number of hydrogen-bond acceptors (Lipinski definition) is 5. The quantitative estimate of drug-likeness (QED) is 0.815. The van der Waals surface area contributed by atoms with Gasteiger partial charge in [-0.15, -0.1) is 11.3 Å². The topological polar surface area (TPSA) is 59.0 Å². The number of likely N-dealkylation sites (tertiary alicyclic amines) is 1. The van der Waals surface area contributed by atoms with Crippen LogP contribution in [0.4, 0.5) is 0 Å². The predicted molar refractivity (Wildman–Crippen MR) is 101 cm³/mol. The number of carbonyl (C=O) groups is 1. The van der Waals surface area contributed by atoms with Crippen LogP contribution in [0, 0.1) is 19.3 Å². The standard InChI is InChI=1S/C19H26N4OS/c1-12-9-15(17-20-10-13(2)25-17)22-16(21-12)14-7-6-8-23(11-14)18(24)19(3,4)5/h9-10,14H,6-8,11H2,1-5H3/t14-/m1/s1. The minimum absolute atomic E-state index is 0.194. The molecule has 3 heterocycles. The normalized spacial score (nSPS) is 18.4. The van der Waals surface area contributed by atoms with Crippen LogP contribution in [0.5, 0.6) is 0 Å². The van der Waals surface area contributed by atoms with E-state index in [1.165, 1.54) is 4.88 Å². The Hall–Kier alpha value is -1.82. The van der Waals surface area contributed by atoms with Crippen molar-refractivity contribution >= 4 is 17.2 Å². The molecule has 1 amide bonds. The number of carbonyl (C=O) groups excluding carboxylic acids is 1. The second kappa shape index (κ2) is 6.83. The minimum Gasteiger partial charge on any atom is -0.342 e. The summed E-state index contributed by atoms with van der Waals surface area (Å²) >= 11 is 1.65. The van der Waals surface area contributed by atoms with Gasteiger partial charge < -0.3 is 4.90 Å². The lowest BCUT2D eigenvalue weighted by molar-refractivity contribution is -0.140. The van der Waals surface area contributed by atoms with Crippen LogP contribution < -0.4 is 0 Å². The summed E-state index contributed by atoms with van der Waals surface area (Å²) in [4.78, 5) is 29.7. The maximum atomic E-state index is 12.6. The smallest absolute Gasteiger partial charge is 0.227 e. The largest absolute Gasteiger partial charge is 0.342 e. The van der Waals surface area contributed by atoms with Crippen molar-refractivity contribution in [2.24, 2.45) is 5.41 Å². The zero-order valence-corrected chi connectivity index (χ0v) is 16.5. The number of hydrogen-bond donors (Lipinski definition) is 0. The molecule has 1 fully saturated rings. The Morgan fingerprint density at radius 3 is 2.68 bits per heavy atom. The molecule has 0 aromatic carbocycles. The minimum atomic E-state index is -0.348. The third-order valence-corrected chi connectivity index (χ3v) is 5.36. The van der Waals surface area contributed by atoms with E-state index in [-0.39, 0.29) is 17.2 Å². The van der Waals surface area contributed by atoms with Gasteiger partial charge in [0.15, 0.2) is 0 Å². The van der Waals surface area contributed by atoms with E-state index in [0.717, 1.165) is 41.6 Å². The van der Waals surface area contributed by atoms with Crippen molar-refractivity contribution in [3.63, 3.8) is 0 Å². The Morgan fingerprint density at radius 2 is 2.04 bits per heavy atom. The molecule has 0 radical (unpaired) electrons. The predicted octanol–water partition coefficient (Wildman–Crippen LogP) is 3.97. The average Bonchev–Trinajstić information content (AvgIpc) is 2.99. The van der Waals surface area contributed by atoms with Crippen LogP contribution in [0.15, 0.2) is 12.3 Å². The van der Waals surface area contributed by atoms with Gasteiger partial charge in [-0.1, -0.05) is 20.8 Å². The molecule has 5 nitrogen and oxygen atoms in total. The molecule has 0 N–H and O–H groups in total. The molecular formula is C19H26N4OS. The van der Waals surface area contributed by atoms with E-state index in [9.17, 15) is 4.79 Å². The molecule has 0 aliphatic carbocycles. The van der Waals surface area contributed by atoms with Crippen molar-refractivity contribution in [2.45, 2.75) is 53.4 Å². The van der Waals surface area contributed by atoms with Crippen LogP contribution in [0.25, 0.3) is 10.7 Å². The number of rotatable bonds is 2. The first-order valence-electron chi connectivity index (χ1n) is 8.82. The van der Waals surface area contributed by atoms with Crippen molar-refractivity contribution in [1.82, 2.24) is 19.9 Å². The summed E-state index contributed by atoms with van der Waals surface area (Å²) in [5.41, 5.74) is 1.49. The van der Waals surface area contributed by atoms with Gasteiger partial charge in [0.1, 0.15) is 16.5 Å². The fourth-order valence-electron chi connectivity index (χ4n) is 3.20. The summed E-state index contributed by atoms with van der Waals surface area (Å²) < 4.78 is 0. The lowest BCUT2D eigenvalue weighted by atomic mass is 9.91. The van der Waals surface area contributed by atoms with Crippen molar-refractivity contribution < 1.29 is 4.79 Å². The summed E-state index contributed by atoms with van der Waals surface area (Å²) in [6, 6.07) is 1.99. The van der Waals surface area contributed by atoms with E-state index in [1.54, 1.807) is 11.3 Å². The van der Waals surface area contributed by atoms with Crippen molar-refractivity contribution in [3.8, 4) is 10.7 Å². The molecule has 1 aliphatic heterocycles. The number of nitrogens with zero attached hydrogens (tertiary/aromatic N) is 4. The van der Waals surface area contributed by atoms with Crippen LogP contribution in [0.1, 0.15) is 55.9 Å². The Balaban J connectivity index is 1.86. The molecule has 2 aromatic heterocycles. The van der Waals surface area contributed by atoms with E-state index >= 15 is 0 Å². The zero-order chi connectivity index (χ0) is 18.2. The SMILES string of the molecule is Cc1cc(-c2ncc(C)s2)nc([C@@H]2CCCN(C(=O)C(C)(C)C)C2)n1. The molecule has 2 aromatic rings. The third-order valence-electron chi connectivity index (χ3n) is 4.43. The van der Waals surface area contributed by atoms with E-state index in [4.69, 9.17) is 4.98 Å². The van der Waals surface area contributed by atoms with Crippen molar-refractivity contribution in [3.05, 3.63) is 28.7 Å². The molecule has 1 saturated heterocycles. The highest BCUT2D eigenvalue weighted by molar-refractivity contribution is 7.14. The number of piperidine rings is 1. The molecule has 0 bridgehead atoms. The number of thiazole rings is 1. The molecule has 0 saturated carbocycles. The number of amides is 1. The van der Waals surface area contributed by atoms with Crippen LogP contribution >= 0.6 is 11.3 Å². The van der Waals surface area contributed by atoms with Gasteiger partial charge in [0.05, 0.1) is 0 Å². The van der Waals surface area contributed by atoms with Gasteiger partial charge in [-0.3, -0.25) is 4.79 Å². The van der Waals surface area contributed by atoms with Gasteiger partial charge in [-0.05, 0) is 32.8 Å². The van der Waals surface area contributed by atoms with Crippen LogP contribution in [-0.4, -0.2) is 38.8 Å². The zero-order valence-electron chi connectivity index (χ0n) is 15.7. The molecule has 25 heavy (non-hydrogen) atoms. The first-order valence-corrected chi connectivity index (χ1v) is 9.63. The second-order valence-corrected chi connectivity index (χ2v) is 9.10. The maximum Gasteiger partial charge on any atom is 0.227 e. The maximum absolute atomic E-state index is 12.6. The van der Waals surface area contributed by atoms with Crippen LogP contribution in [-0.2, 0) is 4.79 Å². The van der Waals surface area contributed by atoms with E-state index < -0.39 is 0 Å². The first-order chi connectivity index (χ1) is 11.7. The Labute approximate surface area is 153 Å². The molecule has 0 spiro atoms. The summed E-state index contributed by atoms with van der Waals surface area (Å²) in [5.74, 6) is 1.25. The van der Waals surface area contributed by atoms with Gasteiger partial charge in [-0.2, -0.15) is 0 Å². The Kier molecular flexibility index (Phi) is 4.91. The second-order valence-electron chi connectivity index (χ2n) is 7.87. The van der Waals surface area contributed by atoms with Gasteiger partial charge in [-0.25, -0.2) is 15.0 Å². The highest BCUT2D eigenvalue weighted by Gasteiger charge is 2.32. The Bertz CT molecular complexity index is 778. The molecule has 0 unspecified atom stereocenters. The molecular weight excluding hydrogens is 332 g/mol. The highest BCUT2D eigenvalue weighted by Crippen LogP contribution is 2.30. The number of aromatic nitrogens is 3. The third kappa shape index (κ3) is 4.06. The van der Waals surface area contributed by atoms with Gasteiger partial charge >= 0.3 is 0 Å². The van der Waals surface area contributed by atoms with Gasteiger partial charge in [0.2, 0.25) is 5.91 Å². The van der Waals surface area contributed by atoms with Crippen LogP contribution in [0.3, 0.4) is 0 Å². The van der Waals surface area contributed by atoms with E-state index in [2.05, 4.69) is 9.97 Å². The fraction of sp³-hybridized carbons (Fsp3) is 0.579. The summed E-state index contributed by atoms with van der Waals surface area (Å²) in [6.07, 6.45) is 3.89. The molecule has 1 aliphatic rings. The monoisotopic (exact) mass is 358 g/mol. The molecule has 134 valence electrons. The highest BCUT2D eigenvalue weighted by atomic mass is 32.1. The lowest BCUT2D eigenvalue weighted by Crippen LogP contribution is -2.44. The molecule has 3 rings (SSSR count). The molecule has 6 heteroatoms. The van der Waals surface area contributed by atoms with E-state index in [0.29, 0.717) is 6.54 Å². The van der Waals surface area contributed by atoms with Crippen molar-refractivity contribution in [2.75, 3.05) is 13.1 Å². The van der Waals surface area contributed by atoms with Gasteiger partial charge in [0, 0.05) is 41.2 Å². The fourth-order valence-corrected chi connectivity index (χ4v) is 3.93. The molecule has 1 atom stereocenters. The Morgan fingerprint density at radius 1 is 1.28 bits per heavy atom. The van der Waals surface area contributed by atoms with Crippen molar-refractivity contribution in [1.29, 1.82) is 0 Å².